The number of nitrogens with zero attached hydrogens (tertiary/aromatic N) is 3. The van der Waals surface area contributed by atoms with Gasteiger partial charge >= 0.3 is 5.97 Å². The summed E-state index contributed by atoms with van der Waals surface area (Å²) in [6, 6.07) is 27.7. The maximum Gasteiger partial charge on any atom is 0.310 e. The van der Waals surface area contributed by atoms with Crippen molar-refractivity contribution in [2.45, 2.75) is 22.3 Å². The summed E-state index contributed by atoms with van der Waals surface area (Å²) in [7, 11) is 1.42. The van der Waals surface area contributed by atoms with Gasteiger partial charge in [0.1, 0.15) is 6.07 Å². The summed E-state index contributed by atoms with van der Waals surface area (Å²) in [5.74, 6) is -0.552. The van der Waals surface area contributed by atoms with Crippen molar-refractivity contribution >= 4 is 17.7 Å². The van der Waals surface area contributed by atoms with Gasteiger partial charge in [-0.2, -0.15) is 10.5 Å². The molecular formula is C27H23N3O2S. The standard InChI is InChI=1S/C27H23N3O2S/c1-32-27(31)24-18-30(17-23(24)20-10-6-7-19(13-20)14-28)16-22-9-3-5-12-26(22)33-25-11-4-2-8-21(25)15-29/h2-13,23-24H,16-18H2,1H3/t23-,24+/m1/s1. The second-order valence-electron chi connectivity index (χ2n) is 7.99. The van der Waals surface area contributed by atoms with Crippen LogP contribution >= 0.6 is 11.8 Å². The first kappa shape index (κ1) is 22.6. The average Bonchev–Trinajstić information content (AvgIpc) is 3.29. The molecule has 1 aliphatic heterocycles. The lowest BCUT2D eigenvalue weighted by Gasteiger charge is -2.18. The molecular weight excluding hydrogens is 430 g/mol. The summed E-state index contributed by atoms with van der Waals surface area (Å²) in [5, 5.41) is 18.7. The molecule has 0 saturated carbocycles. The first-order chi connectivity index (χ1) is 16.1. The fourth-order valence-electron chi connectivity index (χ4n) is 4.32. The Bertz CT molecular complexity index is 1240. The van der Waals surface area contributed by atoms with Crippen molar-refractivity contribution in [3.8, 4) is 12.1 Å². The molecule has 5 nitrogen and oxygen atoms in total. The fourth-order valence-corrected chi connectivity index (χ4v) is 5.34. The van der Waals surface area contributed by atoms with Gasteiger partial charge in [-0.25, -0.2) is 0 Å². The maximum atomic E-state index is 12.6. The van der Waals surface area contributed by atoms with Crippen molar-refractivity contribution in [3.05, 3.63) is 95.1 Å². The molecule has 0 spiro atoms. The normalized spacial score (nSPS) is 17.8. The van der Waals surface area contributed by atoms with Gasteiger partial charge in [-0.1, -0.05) is 54.2 Å². The molecule has 0 aromatic heterocycles. The van der Waals surface area contributed by atoms with Crippen LogP contribution in [0.4, 0.5) is 0 Å². The minimum Gasteiger partial charge on any atom is -0.469 e. The number of benzene rings is 3. The van der Waals surface area contributed by atoms with E-state index in [-0.39, 0.29) is 17.8 Å². The molecule has 3 aromatic carbocycles. The van der Waals surface area contributed by atoms with Crippen LogP contribution < -0.4 is 0 Å². The van der Waals surface area contributed by atoms with E-state index in [1.165, 1.54) is 7.11 Å². The van der Waals surface area contributed by atoms with E-state index in [4.69, 9.17) is 4.74 Å². The lowest BCUT2D eigenvalue weighted by Crippen LogP contribution is -2.24. The van der Waals surface area contributed by atoms with Gasteiger partial charge in [0.2, 0.25) is 0 Å². The highest BCUT2D eigenvalue weighted by Crippen LogP contribution is 2.37. The van der Waals surface area contributed by atoms with Crippen LogP contribution in [-0.4, -0.2) is 31.1 Å². The number of carbonyl (C=O) groups is 1. The SMILES string of the molecule is COC(=O)[C@H]1CN(Cc2ccccc2Sc2ccccc2C#N)C[C@@H]1c1cccc(C#N)c1. The van der Waals surface area contributed by atoms with E-state index in [1.54, 1.807) is 17.8 Å². The second-order valence-corrected chi connectivity index (χ2v) is 9.07. The summed E-state index contributed by atoms with van der Waals surface area (Å²) < 4.78 is 5.10. The second kappa shape index (κ2) is 10.4. The largest absolute Gasteiger partial charge is 0.469 e. The molecule has 0 unspecified atom stereocenters. The highest BCUT2D eigenvalue weighted by atomic mass is 32.2. The predicted molar refractivity (Wildman–Crippen MR) is 126 cm³/mol. The number of hydrogen-bond acceptors (Lipinski definition) is 6. The number of methoxy groups -OCH3 is 1. The smallest absolute Gasteiger partial charge is 0.310 e. The van der Waals surface area contributed by atoms with Crippen LogP contribution in [0.2, 0.25) is 0 Å². The van der Waals surface area contributed by atoms with Gasteiger partial charge in [-0.05, 0) is 41.5 Å². The molecule has 6 heteroatoms. The number of likely N-dealkylation sites (tertiary alicyclic amines) is 1. The Hall–Kier alpha value is -3.58. The first-order valence-corrected chi connectivity index (χ1v) is 11.5. The van der Waals surface area contributed by atoms with Crippen molar-refractivity contribution in [3.63, 3.8) is 0 Å². The van der Waals surface area contributed by atoms with Crippen LogP contribution in [0.1, 0.15) is 28.2 Å². The summed E-state index contributed by atoms with van der Waals surface area (Å²) in [4.78, 5) is 16.9. The molecule has 0 amide bonds. The Labute approximate surface area is 198 Å². The summed E-state index contributed by atoms with van der Waals surface area (Å²) in [6.07, 6.45) is 0. The maximum absolute atomic E-state index is 12.6. The van der Waals surface area contributed by atoms with Crippen LogP contribution in [0.3, 0.4) is 0 Å². The molecule has 164 valence electrons. The molecule has 0 N–H and O–H groups in total. The van der Waals surface area contributed by atoms with Crippen LogP contribution in [0.25, 0.3) is 0 Å². The van der Waals surface area contributed by atoms with Crippen molar-refractivity contribution in [2.24, 2.45) is 5.92 Å². The molecule has 2 atom stereocenters. The molecule has 4 rings (SSSR count). The predicted octanol–water partition coefficient (Wildman–Crippen LogP) is 4.97. The van der Waals surface area contributed by atoms with E-state index in [1.807, 2.05) is 54.6 Å². The van der Waals surface area contributed by atoms with Crippen LogP contribution in [0, 0.1) is 28.6 Å². The Balaban J connectivity index is 1.58. The number of esters is 1. The number of rotatable bonds is 6. The summed E-state index contributed by atoms with van der Waals surface area (Å²) >= 11 is 1.59. The monoisotopic (exact) mass is 453 g/mol. The Morgan fingerprint density at radius 2 is 1.76 bits per heavy atom. The summed E-state index contributed by atoms with van der Waals surface area (Å²) in [6.45, 7) is 1.96. The zero-order valence-corrected chi connectivity index (χ0v) is 19.1. The third-order valence-electron chi connectivity index (χ3n) is 5.94. The van der Waals surface area contributed by atoms with E-state index >= 15 is 0 Å². The molecule has 1 heterocycles. The van der Waals surface area contributed by atoms with Crippen molar-refractivity contribution in [1.82, 2.24) is 4.90 Å². The van der Waals surface area contributed by atoms with Crippen LogP contribution in [0.15, 0.2) is 82.6 Å². The zero-order chi connectivity index (χ0) is 23.2. The molecule has 0 bridgehead atoms. The molecule has 1 aliphatic rings. The molecule has 0 radical (unpaired) electrons. The highest BCUT2D eigenvalue weighted by Gasteiger charge is 2.39. The molecule has 33 heavy (non-hydrogen) atoms. The van der Waals surface area contributed by atoms with Crippen LogP contribution in [-0.2, 0) is 16.1 Å². The van der Waals surface area contributed by atoms with E-state index in [2.05, 4.69) is 29.2 Å². The van der Waals surface area contributed by atoms with Gasteiger partial charge in [0, 0.05) is 35.3 Å². The van der Waals surface area contributed by atoms with E-state index < -0.39 is 0 Å². The van der Waals surface area contributed by atoms with Gasteiger partial charge in [0.15, 0.2) is 0 Å². The minimum atomic E-state index is -0.289. The van der Waals surface area contributed by atoms with Gasteiger partial charge < -0.3 is 4.74 Å². The van der Waals surface area contributed by atoms with E-state index in [0.717, 1.165) is 20.9 Å². The third-order valence-corrected chi connectivity index (χ3v) is 7.13. The van der Waals surface area contributed by atoms with Crippen molar-refractivity contribution in [2.75, 3.05) is 20.2 Å². The molecule has 0 aliphatic carbocycles. The Morgan fingerprint density at radius 3 is 2.52 bits per heavy atom. The minimum absolute atomic E-state index is 0.0371. The van der Waals surface area contributed by atoms with Gasteiger partial charge in [0.25, 0.3) is 0 Å². The van der Waals surface area contributed by atoms with E-state index in [9.17, 15) is 15.3 Å². The lowest BCUT2D eigenvalue weighted by atomic mass is 9.88. The van der Waals surface area contributed by atoms with Crippen molar-refractivity contribution < 1.29 is 9.53 Å². The van der Waals surface area contributed by atoms with Gasteiger partial charge in [-0.3, -0.25) is 9.69 Å². The Morgan fingerprint density at radius 1 is 1.00 bits per heavy atom. The van der Waals surface area contributed by atoms with Gasteiger partial charge in [-0.15, -0.1) is 0 Å². The molecule has 3 aromatic rings. The quantitative estimate of drug-likeness (QED) is 0.491. The number of carbonyl (C=O) groups excluding carboxylic acids is 1. The van der Waals surface area contributed by atoms with Crippen LogP contribution in [0.5, 0.6) is 0 Å². The number of hydrogen-bond donors (Lipinski definition) is 0. The zero-order valence-electron chi connectivity index (χ0n) is 18.3. The number of nitriles is 2. The fraction of sp³-hybridized carbons (Fsp3) is 0.222. The Kier molecular flexibility index (Phi) is 7.10. The lowest BCUT2D eigenvalue weighted by molar-refractivity contribution is -0.145. The summed E-state index contributed by atoms with van der Waals surface area (Å²) in [5.41, 5.74) is 3.37. The third kappa shape index (κ3) is 5.09. The average molecular weight is 454 g/mol. The highest BCUT2D eigenvalue weighted by molar-refractivity contribution is 7.99. The molecule has 1 saturated heterocycles. The topological polar surface area (TPSA) is 77.1 Å². The van der Waals surface area contributed by atoms with Gasteiger partial charge in [0.05, 0.1) is 30.2 Å². The first-order valence-electron chi connectivity index (χ1n) is 10.7. The van der Waals surface area contributed by atoms with E-state index in [0.29, 0.717) is 30.8 Å². The number of ether oxygens (including phenoxy) is 1. The molecule has 1 fully saturated rings. The van der Waals surface area contributed by atoms with Crippen molar-refractivity contribution in [1.29, 1.82) is 10.5 Å².